The maximum absolute atomic E-state index is 11.1. The third-order valence-corrected chi connectivity index (χ3v) is 2.59. The van der Waals surface area contributed by atoms with Crippen LogP contribution in [0.1, 0.15) is 6.92 Å². The van der Waals surface area contributed by atoms with Gasteiger partial charge in [-0.05, 0) is 11.4 Å². The summed E-state index contributed by atoms with van der Waals surface area (Å²) >= 11 is 1.42. The molecular formula is C9H7NO3S. The maximum atomic E-state index is 11.1. The summed E-state index contributed by atoms with van der Waals surface area (Å²) in [6.07, 6.45) is 0. The SMILES string of the molecule is CC(=O)Oc1cc(=O)[nH]c2ccsc12. The Kier molecular flexibility index (Phi) is 2.09. The summed E-state index contributed by atoms with van der Waals surface area (Å²) in [6.45, 7) is 1.31. The second kappa shape index (κ2) is 3.26. The molecule has 72 valence electrons. The van der Waals surface area contributed by atoms with Crippen LogP contribution in [0.2, 0.25) is 0 Å². The van der Waals surface area contributed by atoms with Gasteiger partial charge in [-0.2, -0.15) is 0 Å². The molecule has 2 aromatic heterocycles. The minimum atomic E-state index is -0.426. The lowest BCUT2D eigenvalue weighted by molar-refractivity contribution is -0.131. The first-order valence-corrected chi connectivity index (χ1v) is 4.84. The van der Waals surface area contributed by atoms with E-state index in [1.54, 1.807) is 6.07 Å². The van der Waals surface area contributed by atoms with Crippen molar-refractivity contribution in [2.24, 2.45) is 0 Å². The highest BCUT2D eigenvalue weighted by Gasteiger charge is 2.07. The molecule has 0 saturated heterocycles. The van der Waals surface area contributed by atoms with Crippen LogP contribution in [-0.4, -0.2) is 11.0 Å². The van der Waals surface area contributed by atoms with E-state index >= 15 is 0 Å². The number of ether oxygens (including phenoxy) is 1. The summed E-state index contributed by atoms with van der Waals surface area (Å²) in [7, 11) is 0. The van der Waals surface area contributed by atoms with E-state index in [2.05, 4.69) is 4.98 Å². The Labute approximate surface area is 83.1 Å². The molecule has 2 aromatic rings. The normalized spacial score (nSPS) is 10.4. The minimum Gasteiger partial charge on any atom is -0.425 e. The van der Waals surface area contributed by atoms with Gasteiger partial charge in [-0.25, -0.2) is 0 Å². The molecule has 0 radical (unpaired) electrons. The molecule has 2 heterocycles. The molecule has 0 aromatic carbocycles. The molecule has 0 aliphatic heterocycles. The fraction of sp³-hybridized carbons (Fsp3) is 0.111. The molecule has 0 aliphatic rings. The number of esters is 1. The van der Waals surface area contributed by atoms with Crippen molar-refractivity contribution in [1.29, 1.82) is 0 Å². The van der Waals surface area contributed by atoms with E-state index in [0.29, 0.717) is 11.3 Å². The van der Waals surface area contributed by atoms with E-state index in [4.69, 9.17) is 4.74 Å². The van der Waals surface area contributed by atoms with Gasteiger partial charge in [0.25, 0.3) is 5.56 Å². The third kappa shape index (κ3) is 1.54. The zero-order valence-corrected chi connectivity index (χ0v) is 8.18. The van der Waals surface area contributed by atoms with Gasteiger partial charge in [0.1, 0.15) is 0 Å². The zero-order chi connectivity index (χ0) is 10.1. The van der Waals surface area contributed by atoms with E-state index in [9.17, 15) is 9.59 Å². The molecular weight excluding hydrogens is 202 g/mol. The minimum absolute atomic E-state index is 0.271. The second-order valence-electron chi connectivity index (χ2n) is 2.75. The number of aromatic nitrogens is 1. The summed E-state index contributed by atoms with van der Waals surface area (Å²) < 4.78 is 5.70. The van der Waals surface area contributed by atoms with Crippen LogP contribution in [0.3, 0.4) is 0 Å². The number of rotatable bonds is 1. The first kappa shape index (κ1) is 8.96. The van der Waals surface area contributed by atoms with E-state index in [1.165, 1.54) is 24.3 Å². The standard InChI is InChI=1S/C9H7NO3S/c1-5(11)13-7-4-8(12)10-6-2-3-14-9(6)7/h2-4H,1H3,(H,10,12). The number of H-pyrrole nitrogens is 1. The summed E-state index contributed by atoms with van der Waals surface area (Å²) in [5, 5.41) is 1.83. The van der Waals surface area contributed by atoms with Crippen LogP contribution in [0.25, 0.3) is 10.2 Å². The smallest absolute Gasteiger partial charge is 0.308 e. The number of thiophene rings is 1. The second-order valence-corrected chi connectivity index (χ2v) is 3.67. The largest absolute Gasteiger partial charge is 0.425 e. The average molecular weight is 209 g/mol. The van der Waals surface area contributed by atoms with E-state index in [0.717, 1.165) is 4.70 Å². The molecule has 0 atom stereocenters. The van der Waals surface area contributed by atoms with Gasteiger partial charge in [-0.1, -0.05) is 0 Å². The van der Waals surface area contributed by atoms with Crippen molar-refractivity contribution in [1.82, 2.24) is 4.98 Å². The van der Waals surface area contributed by atoms with Crippen LogP contribution in [0.4, 0.5) is 0 Å². The number of pyridine rings is 1. The predicted molar refractivity (Wildman–Crippen MR) is 53.8 cm³/mol. The summed E-state index contributed by atoms with van der Waals surface area (Å²) in [5.74, 6) is -0.100. The number of hydrogen-bond donors (Lipinski definition) is 1. The average Bonchev–Trinajstić information content (AvgIpc) is 2.50. The highest BCUT2D eigenvalue weighted by Crippen LogP contribution is 2.27. The fourth-order valence-electron chi connectivity index (χ4n) is 1.18. The summed E-state index contributed by atoms with van der Waals surface area (Å²) in [4.78, 5) is 24.5. The lowest BCUT2D eigenvalue weighted by Gasteiger charge is -2.00. The quantitative estimate of drug-likeness (QED) is 0.724. The summed E-state index contributed by atoms with van der Waals surface area (Å²) in [6, 6.07) is 3.05. The molecule has 0 saturated carbocycles. The highest BCUT2D eigenvalue weighted by atomic mass is 32.1. The molecule has 0 spiro atoms. The van der Waals surface area contributed by atoms with Gasteiger partial charge in [-0.3, -0.25) is 9.59 Å². The molecule has 0 unspecified atom stereocenters. The number of fused-ring (bicyclic) bond motifs is 1. The maximum Gasteiger partial charge on any atom is 0.308 e. The Morgan fingerprint density at radius 2 is 2.36 bits per heavy atom. The van der Waals surface area contributed by atoms with Crippen molar-refractivity contribution < 1.29 is 9.53 Å². The van der Waals surface area contributed by atoms with Gasteiger partial charge in [0.15, 0.2) is 5.75 Å². The third-order valence-electron chi connectivity index (χ3n) is 1.66. The Bertz CT molecular complexity index is 540. The van der Waals surface area contributed by atoms with Crippen molar-refractivity contribution >= 4 is 27.5 Å². The summed E-state index contributed by atoms with van der Waals surface area (Å²) in [5.41, 5.74) is 0.422. The fourth-order valence-corrected chi connectivity index (χ4v) is 1.99. The molecule has 1 N–H and O–H groups in total. The van der Waals surface area contributed by atoms with Crippen LogP contribution in [-0.2, 0) is 4.79 Å². The van der Waals surface area contributed by atoms with E-state index in [-0.39, 0.29) is 5.56 Å². The van der Waals surface area contributed by atoms with Gasteiger partial charge in [-0.15, -0.1) is 11.3 Å². The van der Waals surface area contributed by atoms with Crippen LogP contribution in [0.5, 0.6) is 5.75 Å². The van der Waals surface area contributed by atoms with Crippen LogP contribution < -0.4 is 10.3 Å². The zero-order valence-electron chi connectivity index (χ0n) is 7.37. The van der Waals surface area contributed by atoms with Crippen molar-refractivity contribution in [2.75, 3.05) is 0 Å². The molecule has 2 rings (SSSR count). The monoisotopic (exact) mass is 209 g/mol. The van der Waals surface area contributed by atoms with Crippen LogP contribution in [0.15, 0.2) is 22.3 Å². The van der Waals surface area contributed by atoms with Gasteiger partial charge in [0.05, 0.1) is 10.2 Å². The molecule has 0 bridgehead atoms. The molecule has 14 heavy (non-hydrogen) atoms. The van der Waals surface area contributed by atoms with Crippen molar-refractivity contribution in [3.8, 4) is 5.75 Å². The molecule has 5 heteroatoms. The van der Waals surface area contributed by atoms with Crippen LogP contribution >= 0.6 is 11.3 Å². The Hall–Kier alpha value is -1.62. The number of hydrogen-bond acceptors (Lipinski definition) is 4. The van der Waals surface area contributed by atoms with Gasteiger partial charge in [0.2, 0.25) is 0 Å². The molecule has 0 aliphatic carbocycles. The van der Waals surface area contributed by atoms with Gasteiger partial charge in [0, 0.05) is 13.0 Å². The Morgan fingerprint density at radius 1 is 1.57 bits per heavy atom. The van der Waals surface area contributed by atoms with Gasteiger partial charge >= 0.3 is 5.97 Å². The topological polar surface area (TPSA) is 59.2 Å². The first-order valence-electron chi connectivity index (χ1n) is 3.96. The molecule has 0 amide bonds. The van der Waals surface area contributed by atoms with E-state index < -0.39 is 5.97 Å². The molecule has 4 nitrogen and oxygen atoms in total. The molecule has 0 fully saturated rings. The Balaban J connectivity index is 2.66. The number of nitrogens with one attached hydrogen (secondary N) is 1. The highest BCUT2D eigenvalue weighted by molar-refractivity contribution is 7.17. The van der Waals surface area contributed by atoms with E-state index in [1.807, 2.05) is 5.38 Å². The van der Waals surface area contributed by atoms with Crippen LogP contribution in [0, 0.1) is 0 Å². The number of carbonyl (C=O) groups is 1. The lowest BCUT2D eigenvalue weighted by Crippen LogP contribution is -2.08. The van der Waals surface area contributed by atoms with Crippen molar-refractivity contribution in [2.45, 2.75) is 6.92 Å². The number of aromatic amines is 1. The predicted octanol–water partition coefficient (Wildman–Crippen LogP) is 1.51. The van der Waals surface area contributed by atoms with Crippen molar-refractivity contribution in [3.63, 3.8) is 0 Å². The first-order chi connectivity index (χ1) is 6.66. The Morgan fingerprint density at radius 3 is 3.07 bits per heavy atom. The van der Waals surface area contributed by atoms with Gasteiger partial charge < -0.3 is 9.72 Å². The van der Waals surface area contributed by atoms with Crippen molar-refractivity contribution in [3.05, 3.63) is 27.9 Å². The number of carbonyl (C=O) groups excluding carboxylic acids is 1. The lowest BCUT2D eigenvalue weighted by atomic mass is 10.4.